The molecule has 6 nitrogen and oxygen atoms in total. The largest absolute Gasteiger partial charge is 0.495 e. The molecule has 0 N–H and O–H groups in total. The van der Waals surface area contributed by atoms with Gasteiger partial charge in [0.25, 0.3) is 5.91 Å². The SMILES string of the molecule is CCOC(=O)c1ccc2c(c1)N(C(C)=O)C(=O)/C2=C(/OC)c1ccccc1. The summed E-state index contributed by atoms with van der Waals surface area (Å²) < 4.78 is 10.5. The van der Waals surface area contributed by atoms with E-state index in [1.54, 1.807) is 19.1 Å². The van der Waals surface area contributed by atoms with E-state index in [-0.39, 0.29) is 17.7 Å². The van der Waals surface area contributed by atoms with Gasteiger partial charge in [-0.05, 0) is 19.1 Å². The van der Waals surface area contributed by atoms with Crippen LogP contribution >= 0.6 is 0 Å². The van der Waals surface area contributed by atoms with Gasteiger partial charge in [-0.15, -0.1) is 0 Å². The molecule has 0 fully saturated rings. The average molecular weight is 365 g/mol. The predicted molar refractivity (Wildman–Crippen MR) is 101 cm³/mol. The molecular formula is C21H19NO5. The first-order valence-electron chi connectivity index (χ1n) is 8.49. The highest BCUT2D eigenvalue weighted by molar-refractivity contribution is 6.43. The van der Waals surface area contributed by atoms with Gasteiger partial charge in [-0.2, -0.15) is 0 Å². The van der Waals surface area contributed by atoms with Crippen LogP contribution in [0.2, 0.25) is 0 Å². The highest BCUT2D eigenvalue weighted by atomic mass is 16.5. The Balaban J connectivity index is 2.23. The summed E-state index contributed by atoms with van der Waals surface area (Å²) in [5.41, 5.74) is 2.15. The van der Waals surface area contributed by atoms with E-state index in [0.29, 0.717) is 22.6 Å². The van der Waals surface area contributed by atoms with Crippen LogP contribution in [0.4, 0.5) is 5.69 Å². The van der Waals surface area contributed by atoms with E-state index in [2.05, 4.69) is 0 Å². The van der Waals surface area contributed by atoms with E-state index in [9.17, 15) is 14.4 Å². The van der Waals surface area contributed by atoms with Crippen molar-refractivity contribution in [3.63, 3.8) is 0 Å². The Morgan fingerprint density at radius 1 is 1.04 bits per heavy atom. The van der Waals surface area contributed by atoms with E-state index in [0.717, 1.165) is 4.90 Å². The molecule has 0 saturated carbocycles. The summed E-state index contributed by atoms with van der Waals surface area (Å²) in [5.74, 6) is -1.07. The summed E-state index contributed by atoms with van der Waals surface area (Å²) in [4.78, 5) is 38.3. The van der Waals surface area contributed by atoms with Crippen LogP contribution in [0.1, 0.15) is 35.3 Å². The molecule has 0 spiro atoms. The molecule has 2 aromatic rings. The van der Waals surface area contributed by atoms with Crippen molar-refractivity contribution in [1.82, 2.24) is 0 Å². The minimum atomic E-state index is -0.510. The molecule has 1 heterocycles. The first-order valence-corrected chi connectivity index (χ1v) is 8.49. The van der Waals surface area contributed by atoms with E-state index >= 15 is 0 Å². The quantitative estimate of drug-likeness (QED) is 0.472. The van der Waals surface area contributed by atoms with Gasteiger partial charge < -0.3 is 9.47 Å². The van der Waals surface area contributed by atoms with Crippen molar-refractivity contribution < 1.29 is 23.9 Å². The molecule has 2 amide bonds. The Morgan fingerprint density at radius 3 is 2.33 bits per heavy atom. The molecule has 1 aliphatic heterocycles. The monoisotopic (exact) mass is 365 g/mol. The zero-order chi connectivity index (χ0) is 19.6. The maximum Gasteiger partial charge on any atom is 0.338 e. The fourth-order valence-electron chi connectivity index (χ4n) is 3.09. The zero-order valence-electron chi connectivity index (χ0n) is 15.3. The smallest absolute Gasteiger partial charge is 0.338 e. The number of anilines is 1. The van der Waals surface area contributed by atoms with Crippen molar-refractivity contribution >= 4 is 34.8 Å². The van der Waals surface area contributed by atoms with Gasteiger partial charge in [-0.1, -0.05) is 36.4 Å². The second kappa shape index (κ2) is 7.45. The number of carbonyl (C=O) groups excluding carboxylic acids is 3. The van der Waals surface area contributed by atoms with Crippen LogP contribution in [0.3, 0.4) is 0 Å². The van der Waals surface area contributed by atoms with E-state index in [4.69, 9.17) is 9.47 Å². The number of hydrogen-bond donors (Lipinski definition) is 0. The number of carbonyl (C=O) groups is 3. The molecule has 0 aliphatic carbocycles. The highest BCUT2D eigenvalue weighted by Crippen LogP contribution is 2.41. The molecular weight excluding hydrogens is 346 g/mol. The molecule has 0 unspecified atom stereocenters. The first-order chi connectivity index (χ1) is 13.0. The number of benzene rings is 2. The molecule has 6 heteroatoms. The van der Waals surface area contributed by atoms with Crippen LogP contribution in [0, 0.1) is 0 Å². The Hall–Kier alpha value is -3.41. The van der Waals surface area contributed by atoms with E-state index in [1.165, 1.54) is 20.1 Å². The van der Waals surface area contributed by atoms with Crippen molar-refractivity contribution in [1.29, 1.82) is 0 Å². The topological polar surface area (TPSA) is 72.9 Å². The van der Waals surface area contributed by atoms with Gasteiger partial charge in [-0.25, -0.2) is 9.69 Å². The molecule has 1 aliphatic rings. The molecule has 138 valence electrons. The Labute approximate surface area is 157 Å². The van der Waals surface area contributed by atoms with Gasteiger partial charge in [0, 0.05) is 18.1 Å². The fourth-order valence-corrected chi connectivity index (χ4v) is 3.09. The Bertz CT molecular complexity index is 946. The minimum absolute atomic E-state index is 0.234. The second-order valence-electron chi connectivity index (χ2n) is 5.89. The summed E-state index contributed by atoms with van der Waals surface area (Å²) in [7, 11) is 1.48. The lowest BCUT2D eigenvalue weighted by Gasteiger charge is -2.13. The van der Waals surface area contributed by atoms with Crippen molar-refractivity contribution in [2.75, 3.05) is 18.6 Å². The van der Waals surface area contributed by atoms with Crippen LogP contribution in [0.25, 0.3) is 11.3 Å². The summed E-state index contributed by atoms with van der Waals surface area (Å²) >= 11 is 0. The van der Waals surface area contributed by atoms with Gasteiger partial charge in [0.05, 0.1) is 30.5 Å². The Kier molecular flexibility index (Phi) is 5.07. The van der Waals surface area contributed by atoms with Gasteiger partial charge in [0.2, 0.25) is 5.91 Å². The maximum atomic E-state index is 13.0. The molecule has 3 rings (SSSR count). The lowest BCUT2D eigenvalue weighted by atomic mass is 10.0. The third-order valence-electron chi connectivity index (χ3n) is 4.22. The fraction of sp³-hybridized carbons (Fsp3) is 0.190. The number of methoxy groups -OCH3 is 1. The van der Waals surface area contributed by atoms with Crippen LogP contribution in [0.5, 0.6) is 0 Å². The van der Waals surface area contributed by atoms with Crippen molar-refractivity contribution in [2.24, 2.45) is 0 Å². The third-order valence-corrected chi connectivity index (χ3v) is 4.22. The predicted octanol–water partition coefficient (Wildman–Crippen LogP) is 3.27. The number of fused-ring (bicyclic) bond motifs is 1. The molecule has 0 radical (unpaired) electrons. The Morgan fingerprint density at radius 2 is 1.74 bits per heavy atom. The van der Waals surface area contributed by atoms with Gasteiger partial charge in [-0.3, -0.25) is 9.59 Å². The summed E-state index contributed by atoms with van der Waals surface area (Å²) in [6.07, 6.45) is 0. The molecule has 0 bridgehead atoms. The number of hydrogen-bond acceptors (Lipinski definition) is 5. The molecule has 0 saturated heterocycles. The summed E-state index contributed by atoms with van der Waals surface area (Å²) in [6, 6.07) is 13.9. The van der Waals surface area contributed by atoms with Crippen LogP contribution in [0.15, 0.2) is 48.5 Å². The molecule has 0 atom stereocenters. The number of rotatable bonds is 4. The lowest BCUT2D eigenvalue weighted by Crippen LogP contribution is -2.31. The van der Waals surface area contributed by atoms with Crippen molar-refractivity contribution in [3.8, 4) is 0 Å². The normalized spacial score (nSPS) is 14.6. The highest BCUT2D eigenvalue weighted by Gasteiger charge is 2.38. The standard InChI is InChI=1S/C21H19NO5/c1-4-27-21(25)15-10-11-16-17(12-15)22(13(2)23)20(24)18(16)19(26-3)14-8-6-5-7-9-14/h5-12H,4H2,1-3H3/b19-18+. The number of esters is 1. The minimum Gasteiger partial charge on any atom is -0.495 e. The van der Waals surface area contributed by atoms with Gasteiger partial charge >= 0.3 is 5.97 Å². The number of ether oxygens (including phenoxy) is 2. The number of amides is 2. The van der Waals surface area contributed by atoms with E-state index in [1.807, 2.05) is 30.3 Å². The molecule has 0 aromatic heterocycles. The maximum absolute atomic E-state index is 13.0. The van der Waals surface area contributed by atoms with Gasteiger partial charge in [0.1, 0.15) is 5.76 Å². The number of imide groups is 1. The zero-order valence-corrected chi connectivity index (χ0v) is 15.3. The summed E-state index contributed by atoms with van der Waals surface area (Å²) in [6.45, 7) is 3.25. The van der Waals surface area contributed by atoms with Crippen LogP contribution in [-0.4, -0.2) is 31.5 Å². The van der Waals surface area contributed by atoms with Crippen molar-refractivity contribution in [3.05, 3.63) is 65.2 Å². The molecule has 27 heavy (non-hydrogen) atoms. The molecule has 2 aromatic carbocycles. The van der Waals surface area contributed by atoms with Crippen molar-refractivity contribution in [2.45, 2.75) is 13.8 Å². The first kappa shape index (κ1) is 18.4. The van der Waals surface area contributed by atoms with Crippen LogP contribution < -0.4 is 4.90 Å². The van der Waals surface area contributed by atoms with Crippen LogP contribution in [-0.2, 0) is 19.1 Å². The van der Waals surface area contributed by atoms with E-state index < -0.39 is 17.8 Å². The van der Waals surface area contributed by atoms with Gasteiger partial charge in [0.15, 0.2) is 0 Å². The average Bonchev–Trinajstić information content (AvgIpc) is 2.95. The second-order valence-corrected chi connectivity index (χ2v) is 5.89. The third kappa shape index (κ3) is 3.21. The summed E-state index contributed by atoms with van der Waals surface area (Å²) in [5, 5.41) is 0. The number of nitrogens with zero attached hydrogens (tertiary/aromatic N) is 1. The lowest BCUT2D eigenvalue weighted by molar-refractivity contribution is -0.122.